The second-order valence-corrected chi connectivity index (χ2v) is 6.72. The lowest BCUT2D eigenvalue weighted by Crippen LogP contribution is -2.26. The molecule has 18 heavy (non-hydrogen) atoms. The van der Waals surface area contributed by atoms with E-state index in [1.807, 2.05) is 12.1 Å². The minimum atomic E-state index is -3.09. The van der Waals surface area contributed by atoms with E-state index in [9.17, 15) is 8.42 Å². The molecule has 6 heteroatoms. The summed E-state index contributed by atoms with van der Waals surface area (Å²) in [5.41, 5.74) is 6.97. The first-order valence-electron chi connectivity index (χ1n) is 5.72. The second kappa shape index (κ2) is 6.02. The molecular weight excluding hydrogens is 272 g/mol. The molecule has 0 amide bonds. The summed E-state index contributed by atoms with van der Waals surface area (Å²) < 4.78 is 22.6. The van der Waals surface area contributed by atoms with Crippen molar-refractivity contribution in [2.45, 2.75) is 23.9 Å². The van der Waals surface area contributed by atoms with Crippen molar-refractivity contribution in [2.75, 3.05) is 19.3 Å². The highest BCUT2D eigenvalue weighted by Gasteiger charge is 2.18. The average molecular weight is 291 g/mol. The molecule has 1 aromatic rings. The van der Waals surface area contributed by atoms with Crippen LogP contribution in [0.3, 0.4) is 0 Å². The number of nitrogens with two attached hydrogens (primary N) is 1. The van der Waals surface area contributed by atoms with Crippen LogP contribution in [0.1, 0.15) is 12.0 Å². The second-order valence-electron chi connectivity index (χ2n) is 4.70. The van der Waals surface area contributed by atoms with E-state index in [-0.39, 0.29) is 18.4 Å². The molecule has 1 saturated heterocycles. The maximum absolute atomic E-state index is 11.3. The lowest BCUT2D eigenvalue weighted by atomic mass is 10.2. The van der Waals surface area contributed by atoms with Crippen molar-refractivity contribution in [3.8, 4) is 0 Å². The summed E-state index contributed by atoms with van der Waals surface area (Å²) in [6.07, 6.45) is 2.27. The minimum absolute atomic E-state index is 0. The Balaban J connectivity index is 0.00000162. The molecule has 4 nitrogen and oxygen atoms in total. The van der Waals surface area contributed by atoms with E-state index in [1.54, 1.807) is 12.1 Å². The lowest BCUT2D eigenvalue weighted by molar-refractivity contribution is 0.327. The molecule has 0 bridgehead atoms. The van der Waals surface area contributed by atoms with Gasteiger partial charge in [-0.3, -0.25) is 4.90 Å². The van der Waals surface area contributed by atoms with Crippen LogP contribution in [0, 0.1) is 0 Å². The highest BCUT2D eigenvalue weighted by Crippen LogP contribution is 2.15. The normalized spacial score (nSPS) is 20.7. The van der Waals surface area contributed by atoms with E-state index in [2.05, 4.69) is 4.90 Å². The molecule has 1 aromatic carbocycles. The van der Waals surface area contributed by atoms with Gasteiger partial charge in [0.05, 0.1) is 4.90 Å². The van der Waals surface area contributed by atoms with E-state index in [1.165, 1.54) is 6.26 Å². The molecule has 1 unspecified atom stereocenters. The fraction of sp³-hybridized carbons (Fsp3) is 0.500. The van der Waals surface area contributed by atoms with Crippen molar-refractivity contribution in [3.05, 3.63) is 29.8 Å². The highest BCUT2D eigenvalue weighted by molar-refractivity contribution is 7.90. The smallest absolute Gasteiger partial charge is 0.175 e. The van der Waals surface area contributed by atoms with Crippen LogP contribution in [0.5, 0.6) is 0 Å². The predicted octanol–water partition coefficient (Wildman–Crippen LogP) is 1.04. The molecule has 1 fully saturated rings. The zero-order valence-electron chi connectivity index (χ0n) is 10.4. The Morgan fingerprint density at radius 1 is 1.33 bits per heavy atom. The molecule has 1 aliphatic rings. The summed E-state index contributed by atoms with van der Waals surface area (Å²) in [5, 5.41) is 0. The maximum Gasteiger partial charge on any atom is 0.175 e. The van der Waals surface area contributed by atoms with Gasteiger partial charge in [-0.15, -0.1) is 12.4 Å². The van der Waals surface area contributed by atoms with E-state index in [0.29, 0.717) is 4.90 Å². The van der Waals surface area contributed by atoms with Crippen LogP contribution in [-0.4, -0.2) is 38.7 Å². The van der Waals surface area contributed by atoms with Crippen LogP contribution in [0.25, 0.3) is 0 Å². The van der Waals surface area contributed by atoms with Crippen molar-refractivity contribution in [3.63, 3.8) is 0 Å². The van der Waals surface area contributed by atoms with Gasteiger partial charge in [-0.2, -0.15) is 0 Å². The van der Waals surface area contributed by atoms with Gasteiger partial charge in [-0.05, 0) is 24.1 Å². The molecule has 1 atom stereocenters. The largest absolute Gasteiger partial charge is 0.326 e. The Kier molecular flexibility index (Phi) is 5.16. The quantitative estimate of drug-likeness (QED) is 0.904. The molecule has 0 aromatic heterocycles. The molecule has 0 saturated carbocycles. The zero-order valence-corrected chi connectivity index (χ0v) is 12.0. The van der Waals surface area contributed by atoms with Gasteiger partial charge in [0.15, 0.2) is 9.84 Å². The number of nitrogens with zero attached hydrogens (tertiary/aromatic N) is 1. The third-order valence-corrected chi connectivity index (χ3v) is 4.19. The van der Waals surface area contributed by atoms with Crippen LogP contribution in [0.15, 0.2) is 29.2 Å². The van der Waals surface area contributed by atoms with Gasteiger partial charge in [0.1, 0.15) is 0 Å². The summed E-state index contributed by atoms with van der Waals surface area (Å²) >= 11 is 0. The van der Waals surface area contributed by atoms with Crippen LogP contribution in [-0.2, 0) is 16.4 Å². The summed E-state index contributed by atoms with van der Waals surface area (Å²) in [6.45, 7) is 2.79. The van der Waals surface area contributed by atoms with Crippen molar-refractivity contribution in [1.82, 2.24) is 4.90 Å². The number of hydrogen-bond acceptors (Lipinski definition) is 4. The van der Waals surface area contributed by atoms with Crippen molar-refractivity contribution in [1.29, 1.82) is 0 Å². The SMILES string of the molecule is CS(=O)(=O)c1ccc(CN2CCC(N)C2)cc1.Cl. The molecule has 1 aliphatic heterocycles. The van der Waals surface area contributed by atoms with E-state index in [4.69, 9.17) is 5.73 Å². The Bertz CT molecular complexity index is 487. The average Bonchev–Trinajstić information content (AvgIpc) is 2.63. The van der Waals surface area contributed by atoms with Gasteiger partial charge in [-0.25, -0.2) is 8.42 Å². The molecule has 1 heterocycles. The van der Waals surface area contributed by atoms with Gasteiger partial charge >= 0.3 is 0 Å². The molecule has 0 spiro atoms. The topological polar surface area (TPSA) is 63.4 Å². The van der Waals surface area contributed by atoms with E-state index >= 15 is 0 Å². The Morgan fingerprint density at radius 3 is 2.39 bits per heavy atom. The number of halogens is 1. The first kappa shape index (κ1) is 15.4. The number of rotatable bonds is 3. The maximum atomic E-state index is 11.3. The number of sulfone groups is 1. The van der Waals surface area contributed by atoms with Crippen molar-refractivity contribution in [2.24, 2.45) is 5.73 Å². The summed E-state index contributed by atoms with van der Waals surface area (Å²) in [4.78, 5) is 2.67. The Labute approximate surface area is 114 Å². The fourth-order valence-electron chi connectivity index (χ4n) is 2.11. The van der Waals surface area contributed by atoms with Gasteiger partial charge < -0.3 is 5.73 Å². The molecule has 0 radical (unpaired) electrons. The van der Waals surface area contributed by atoms with Crippen molar-refractivity contribution >= 4 is 22.2 Å². The molecule has 102 valence electrons. The van der Waals surface area contributed by atoms with E-state index in [0.717, 1.165) is 31.6 Å². The molecule has 2 rings (SSSR count). The summed E-state index contributed by atoms with van der Waals surface area (Å²) in [5.74, 6) is 0. The number of hydrogen-bond donors (Lipinski definition) is 1. The van der Waals surface area contributed by atoms with Crippen LogP contribution in [0.2, 0.25) is 0 Å². The predicted molar refractivity (Wildman–Crippen MR) is 74.7 cm³/mol. The van der Waals surface area contributed by atoms with Crippen LogP contribution < -0.4 is 5.73 Å². The third kappa shape index (κ3) is 3.95. The van der Waals surface area contributed by atoms with Gasteiger partial charge in [0, 0.05) is 31.9 Å². The lowest BCUT2D eigenvalue weighted by Gasteiger charge is -2.15. The fourth-order valence-corrected chi connectivity index (χ4v) is 2.74. The summed E-state index contributed by atoms with van der Waals surface area (Å²) in [6, 6.07) is 7.37. The highest BCUT2D eigenvalue weighted by atomic mass is 35.5. The first-order chi connectivity index (χ1) is 7.95. The van der Waals surface area contributed by atoms with Gasteiger partial charge in [0.25, 0.3) is 0 Å². The Morgan fingerprint density at radius 2 is 1.94 bits per heavy atom. The van der Waals surface area contributed by atoms with E-state index < -0.39 is 9.84 Å². The molecule has 0 aliphatic carbocycles. The monoisotopic (exact) mass is 290 g/mol. The number of benzene rings is 1. The van der Waals surface area contributed by atoms with Crippen molar-refractivity contribution < 1.29 is 8.42 Å². The third-order valence-electron chi connectivity index (χ3n) is 3.07. The number of likely N-dealkylation sites (tertiary alicyclic amines) is 1. The van der Waals surface area contributed by atoms with Gasteiger partial charge in [-0.1, -0.05) is 12.1 Å². The zero-order chi connectivity index (χ0) is 12.5. The standard InChI is InChI=1S/C12H18N2O2S.ClH/c1-17(15,16)12-4-2-10(3-5-12)8-14-7-6-11(13)9-14;/h2-5,11H,6-9,13H2,1H3;1H. The minimum Gasteiger partial charge on any atom is -0.326 e. The summed E-state index contributed by atoms with van der Waals surface area (Å²) in [7, 11) is -3.09. The Hall–Kier alpha value is -0.620. The first-order valence-corrected chi connectivity index (χ1v) is 7.61. The molecular formula is C12H19ClN2O2S. The van der Waals surface area contributed by atoms with Crippen LogP contribution in [0.4, 0.5) is 0 Å². The molecule has 2 N–H and O–H groups in total. The van der Waals surface area contributed by atoms with Gasteiger partial charge in [0.2, 0.25) is 0 Å². The van der Waals surface area contributed by atoms with Crippen LogP contribution >= 0.6 is 12.4 Å².